The van der Waals surface area contributed by atoms with Crippen LogP contribution in [0.1, 0.15) is 18.4 Å². The summed E-state index contributed by atoms with van der Waals surface area (Å²) in [7, 11) is 3.76. The van der Waals surface area contributed by atoms with Crippen LogP contribution in [0, 0.1) is 0 Å². The Kier molecular flexibility index (Phi) is 5.18. The Hall–Kier alpha value is -1.81. The molecule has 1 aromatic rings. The number of quaternary nitrogens is 1. The Balaban J connectivity index is 1.85. The lowest BCUT2D eigenvalue weighted by Crippen LogP contribution is -3.11. The number of methoxy groups -OCH3 is 1. The van der Waals surface area contributed by atoms with Crippen molar-refractivity contribution in [1.82, 2.24) is 0 Å². The fourth-order valence-corrected chi connectivity index (χ4v) is 2.41. The molecule has 4 heteroatoms. The van der Waals surface area contributed by atoms with Crippen molar-refractivity contribution >= 4 is 12.0 Å². The maximum Gasteiger partial charge on any atom is 0.331 e. The van der Waals surface area contributed by atoms with Crippen LogP contribution in [0.2, 0.25) is 0 Å². The van der Waals surface area contributed by atoms with Crippen LogP contribution in [0.3, 0.4) is 0 Å². The van der Waals surface area contributed by atoms with Crippen molar-refractivity contribution in [3.05, 3.63) is 35.9 Å². The maximum atomic E-state index is 11.8. The van der Waals surface area contributed by atoms with Gasteiger partial charge in [0, 0.05) is 12.5 Å². The SMILES string of the molecule is COc1ccc(/C=C/C(=O)O[C@H]2CCC[NH+](C)C2)cc1. The quantitative estimate of drug-likeness (QED) is 0.657. The molecule has 2 rings (SSSR count). The van der Waals surface area contributed by atoms with Gasteiger partial charge in [0.15, 0.2) is 6.10 Å². The lowest BCUT2D eigenvalue weighted by atomic mass is 10.1. The smallest absolute Gasteiger partial charge is 0.331 e. The standard InChI is InChI=1S/C16H21NO3/c1-17-11-3-4-15(12-17)20-16(18)10-7-13-5-8-14(19-2)9-6-13/h5-10,15H,3-4,11-12H2,1-2H3/p+1/b10-7+/t15-/m0/s1. The largest absolute Gasteiger partial charge is 0.497 e. The minimum absolute atomic E-state index is 0.0526. The highest BCUT2D eigenvalue weighted by atomic mass is 16.5. The number of likely N-dealkylation sites (tertiary alicyclic amines) is 1. The molecule has 1 aromatic carbocycles. The number of benzene rings is 1. The summed E-state index contributed by atoms with van der Waals surface area (Å²) in [4.78, 5) is 13.2. The Morgan fingerprint density at radius 2 is 2.10 bits per heavy atom. The van der Waals surface area contributed by atoms with Crippen molar-refractivity contribution in [3.8, 4) is 5.75 Å². The third-order valence-electron chi connectivity index (χ3n) is 3.52. The van der Waals surface area contributed by atoms with E-state index >= 15 is 0 Å². The van der Waals surface area contributed by atoms with E-state index in [9.17, 15) is 4.79 Å². The average Bonchev–Trinajstić information content (AvgIpc) is 2.46. The third-order valence-corrected chi connectivity index (χ3v) is 3.52. The molecule has 0 spiro atoms. The fraction of sp³-hybridized carbons (Fsp3) is 0.438. The molecule has 0 bridgehead atoms. The second-order valence-electron chi connectivity index (χ2n) is 5.22. The van der Waals surface area contributed by atoms with Gasteiger partial charge in [-0.2, -0.15) is 0 Å². The van der Waals surface area contributed by atoms with E-state index in [1.165, 1.54) is 11.0 Å². The summed E-state index contributed by atoms with van der Waals surface area (Å²) in [6.45, 7) is 2.07. The van der Waals surface area contributed by atoms with Crippen molar-refractivity contribution in [3.63, 3.8) is 0 Å². The molecule has 0 saturated carbocycles. The van der Waals surface area contributed by atoms with E-state index in [4.69, 9.17) is 9.47 Å². The fourth-order valence-electron chi connectivity index (χ4n) is 2.41. The van der Waals surface area contributed by atoms with Gasteiger partial charge in [-0.1, -0.05) is 12.1 Å². The zero-order valence-electron chi connectivity index (χ0n) is 12.1. The van der Waals surface area contributed by atoms with Gasteiger partial charge in [-0.15, -0.1) is 0 Å². The Morgan fingerprint density at radius 3 is 2.75 bits per heavy atom. The number of carbonyl (C=O) groups is 1. The summed E-state index contributed by atoms with van der Waals surface area (Å²) in [6.07, 6.45) is 5.40. The zero-order valence-corrected chi connectivity index (χ0v) is 12.1. The van der Waals surface area contributed by atoms with Crippen LogP contribution in [0.15, 0.2) is 30.3 Å². The highest BCUT2D eigenvalue weighted by Gasteiger charge is 2.22. The highest BCUT2D eigenvalue weighted by Crippen LogP contribution is 2.12. The van der Waals surface area contributed by atoms with Crippen LogP contribution in [0.25, 0.3) is 6.08 Å². The van der Waals surface area contributed by atoms with Crippen molar-refractivity contribution in [2.75, 3.05) is 27.2 Å². The van der Waals surface area contributed by atoms with Crippen molar-refractivity contribution in [1.29, 1.82) is 0 Å². The van der Waals surface area contributed by atoms with Crippen molar-refractivity contribution < 1.29 is 19.2 Å². The van der Waals surface area contributed by atoms with Crippen LogP contribution >= 0.6 is 0 Å². The summed E-state index contributed by atoms with van der Waals surface area (Å²) >= 11 is 0. The molecule has 1 saturated heterocycles. The lowest BCUT2D eigenvalue weighted by Gasteiger charge is -2.26. The highest BCUT2D eigenvalue weighted by molar-refractivity contribution is 5.87. The first-order chi connectivity index (χ1) is 9.67. The van der Waals surface area contributed by atoms with E-state index in [0.29, 0.717) is 0 Å². The Morgan fingerprint density at radius 1 is 1.35 bits per heavy atom. The van der Waals surface area contributed by atoms with Crippen LogP contribution in [-0.4, -0.2) is 39.3 Å². The van der Waals surface area contributed by atoms with Crippen LogP contribution in [0.4, 0.5) is 0 Å². The number of likely N-dealkylation sites (N-methyl/N-ethyl adjacent to an activating group) is 1. The molecule has 0 amide bonds. The van der Waals surface area contributed by atoms with Crippen molar-refractivity contribution in [2.24, 2.45) is 0 Å². The maximum absolute atomic E-state index is 11.8. The van der Waals surface area contributed by atoms with E-state index in [1.807, 2.05) is 24.3 Å². The second-order valence-corrected chi connectivity index (χ2v) is 5.22. The molecule has 0 aliphatic carbocycles. The molecule has 20 heavy (non-hydrogen) atoms. The van der Waals surface area contributed by atoms with Crippen LogP contribution < -0.4 is 9.64 Å². The first-order valence-electron chi connectivity index (χ1n) is 7.01. The monoisotopic (exact) mass is 276 g/mol. The van der Waals surface area contributed by atoms with E-state index < -0.39 is 0 Å². The number of hydrogen-bond donors (Lipinski definition) is 1. The van der Waals surface area contributed by atoms with Gasteiger partial charge in [0.05, 0.1) is 20.7 Å². The number of hydrogen-bond acceptors (Lipinski definition) is 3. The van der Waals surface area contributed by atoms with Gasteiger partial charge in [0.1, 0.15) is 12.3 Å². The molecule has 1 aliphatic rings. The lowest BCUT2D eigenvalue weighted by molar-refractivity contribution is -0.888. The van der Waals surface area contributed by atoms with Crippen molar-refractivity contribution in [2.45, 2.75) is 18.9 Å². The van der Waals surface area contributed by atoms with Gasteiger partial charge in [-0.25, -0.2) is 4.79 Å². The van der Waals surface area contributed by atoms with Gasteiger partial charge in [-0.05, 0) is 30.2 Å². The van der Waals surface area contributed by atoms with Crippen LogP contribution in [0.5, 0.6) is 5.75 Å². The Labute approximate surface area is 120 Å². The number of ether oxygens (including phenoxy) is 2. The number of piperidine rings is 1. The van der Waals surface area contributed by atoms with E-state index in [2.05, 4.69) is 7.05 Å². The second kappa shape index (κ2) is 7.10. The van der Waals surface area contributed by atoms with E-state index in [-0.39, 0.29) is 12.1 Å². The van der Waals surface area contributed by atoms with E-state index in [1.54, 1.807) is 13.2 Å². The molecule has 1 unspecified atom stereocenters. The molecule has 1 aliphatic heterocycles. The molecule has 108 valence electrons. The number of esters is 1. The number of carbonyl (C=O) groups excluding carboxylic acids is 1. The summed E-state index contributed by atoms with van der Waals surface area (Å²) in [5.41, 5.74) is 0.953. The molecule has 1 heterocycles. The summed E-state index contributed by atoms with van der Waals surface area (Å²) in [6, 6.07) is 7.54. The van der Waals surface area contributed by atoms with Gasteiger partial charge in [0.2, 0.25) is 0 Å². The van der Waals surface area contributed by atoms with Crippen LogP contribution in [-0.2, 0) is 9.53 Å². The number of nitrogens with one attached hydrogen (secondary N) is 1. The average molecular weight is 276 g/mol. The molecule has 2 atom stereocenters. The van der Waals surface area contributed by atoms with Gasteiger partial charge in [0.25, 0.3) is 0 Å². The zero-order chi connectivity index (χ0) is 14.4. The number of rotatable bonds is 4. The summed E-state index contributed by atoms with van der Waals surface area (Å²) < 4.78 is 10.5. The predicted molar refractivity (Wildman–Crippen MR) is 77.8 cm³/mol. The first kappa shape index (κ1) is 14.6. The van der Waals surface area contributed by atoms with Gasteiger partial charge < -0.3 is 14.4 Å². The molecule has 0 aromatic heterocycles. The minimum atomic E-state index is -0.263. The van der Waals surface area contributed by atoms with E-state index in [0.717, 1.165) is 37.2 Å². The molecular formula is C16H22NO3+. The molecule has 0 radical (unpaired) electrons. The summed E-state index contributed by atoms with van der Waals surface area (Å²) in [5.74, 6) is 0.540. The van der Waals surface area contributed by atoms with Gasteiger partial charge >= 0.3 is 5.97 Å². The molecular weight excluding hydrogens is 254 g/mol. The minimum Gasteiger partial charge on any atom is -0.497 e. The topological polar surface area (TPSA) is 40.0 Å². The normalized spacial score (nSPS) is 22.7. The van der Waals surface area contributed by atoms with Gasteiger partial charge in [-0.3, -0.25) is 0 Å². The molecule has 4 nitrogen and oxygen atoms in total. The predicted octanol–water partition coefficient (Wildman–Crippen LogP) is 0.929. The third kappa shape index (κ3) is 4.38. The Bertz CT molecular complexity index is 467. The summed E-state index contributed by atoms with van der Waals surface area (Å²) in [5, 5.41) is 0. The molecule has 1 N–H and O–H groups in total. The first-order valence-corrected chi connectivity index (χ1v) is 7.01. The molecule has 1 fully saturated rings.